The first-order valence-electron chi connectivity index (χ1n) is 7.91. The van der Waals surface area contributed by atoms with Crippen LogP contribution in [0.3, 0.4) is 0 Å². The van der Waals surface area contributed by atoms with E-state index in [4.69, 9.17) is 13.9 Å². The quantitative estimate of drug-likeness (QED) is 0.192. The van der Waals surface area contributed by atoms with Gasteiger partial charge < -0.3 is 19.4 Å². The fourth-order valence-corrected chi connectivity index (χ4v) is 2.72. The molecule has 7 heteroatoms. The third-order valence-electron chi connectivity index (χ3n) is 4.30. The summed E-state index contributed by atoms with van der Waals surface area (Å²) in [6.07, 6.45) is 1.66. The van der Waals surface area contributed by atoms with Crippen LogP contribution in [0.1, 0.15) is 26.3 Å². The average Bonchev–Trinajstić information content (AvgIpc) is 2.54. The molecule has 0 N–H and O–H groups in total. The Balaban J connectivity index is 3.38. The summed E-state index contributed by atoms with van der Waals surface area (Å²) in [5, 5.41) is -0.0946. The first-order valence-corrected chi connectivity index (χ1v) is 10.8. The molecule has 0 bridgehead atoms. The molecule has 0 saturated carbocycles. The van der Waals surface area contributed by atoms with Gasteiger partial charge in [0.1, 0.15) is 5.75 Å². The Kier molecular flexibility index (Phi) is 6.73. The van der Waals surface area contributed by atoms with E-state index < -0.39 is 14.3 Å². The zero-order valence-corrected chi connectivity index (χ0v) is 16.9. The summed E-state index contributed by atoms with van der Waals surface area (Å²) < 4.78 is 16.1. The number of methoxy groups -OCH3 is 2. The van der Waals surface area contributed by atoms with Crippen molar-refractivity contribution in [3.8, 4) is 5.75 Å². The molecule has 1 rings (SSSR count). The molecule has 1 aromatic rings. The fraction of sp³-hybridized carbons (Fsp3) is 0.444. The molecular formula is C18H26N2O4Si. The number of carbonyl (C=O) groups excluding carboxylic acids is 1. The summed E-state index contributed by atoms with van der Waals surface area (Å²) in [5.74, 6) is 0.139. The van der Waals surface area contributed by atoms with Crippen molar-refractivity contribution in [2.24, 2.45) is 0 Å². The van der Waals surface area contributed by atoms with Crippen LogP contribution in [0.2, 0.25) is 18.1 Å². The molecule has 0 atom stereocenters. The number of rotatable bonds is 6. The highest BCUT2D eigenvalue weighted by molar-refractivity contribution is 6.74. The van der Waals surface area contributed by atoms with Gasteiger partial charge in [-0.15, -0.1) is 0 Å². The van der Waals surface area contributed by atoms with Gasteiger partial charge in [0.15, 0.2) is 0 Å². The second-order valence-corrected chi connectivity index (χ2v) is 11.8. The normalized spacial score (nSPS) is 12.2. The third-order valence-corrected chi connectivity index (χ3v) is 8.64. The molecule has 0 spiro atoms. The number of hydrogen-bond donors (Lipinski definition) is 0. The Labute approximate surface area is 150 Å². The van der Waals surface area contributed by atoms with Gasteiger partial charge in [0.2, 0.25) is 5.76 Å². The van der Waals surface area contributed by atoms with E-state index in [1.165, 1.54) is 7.11 Å². The highest BCUT2D eigenvalue weighted by Crippen LogP contribution is 2.38. The average molecular weight is 363 g/mol. The third kappa shape index (κ3) is 5.31. The second kappa shape index (κ2) is 8.14. The van der Waals surface area contributed by atoms with Gasteiger partial charge in [0, 0.05) is 0 Å². The van der Waals surface area contributed by atoms with Crippen LogP contribution in [0.4, 0.5) is 0 Å². The van der Waals surface area contributed by atoms with Gasteiger partial charge in [0.25, 0.3) is 8.32 Å². The lowest BCUT2D eigenvalue weighted by molar-refractivity contribution is -0.137. The molecule has 136 valence electrons. The maximum absolute atomic E-state index is 12.0. The number of carbonyl (C=O) groups is 1. The molecular weight excluding hydrogens is 336 g/mol. The Morgan fingerprint density at radius 3 is 2.12 bits per heavy atom. The van der Waals surface area contributed by atoms with Crippen molar-refractivity contribution in [3.05, 3.63) is 41.1 Å². The van der Waals surface area contributed by atoms with Crippen molar-refractivity contribution in [1.82, 2.24) is 0 Å². The van der Waals surface area contributed by atoms with E-state index in [2.05, 4.69) is 25.6 Å². The lowest BCUT2D eigenvalue weighted by Crippen LogP contribution is -2.42. The smallest absolute Gasteiger partial charge is 0.439 e. The summed E-state index contributed by atoms with van der Waals surface area (Å²) in [5.41, 5.74) is 9.84. The van der Waals surface area contributed by atoms with Gasteiger partial charge in [0.05, 0.1) is 14.2 Å². The number of hydrogen-bond acceptors (Lipinski definition) is 4. The standard InChI is InChI=1S/C18H26N2O4Si/c1-18(2,3)25(6,7)24-15(16(20-19)17(21)23-5)12-13-8-10-14(22-4)11-9-13/h8-12H,1-7H3/b15-12-. The molecule has 0 amide bonds. The van der Waals surface area contributed by atoms with Crippen LogP contribution in [0.15, 0.2) is 30.0 Å². The Bertz CT molecular complexity index is 697. The van der Waals surface area contributed by atoms with E-state index in [0.29, 0.717) is 5.75 Å². The van der Waals surface area contributed by atoms with Gasteiger partial charge in [-0.1, -0.05) is 32.9 Å². The van der Waals surface area contributed by atoms with E-state index >= 15 is 0 Å². The van der Waals surface area contributed by atoms with Gasteiger partial charge in [-0.3, -0.25) is 0 Å². The van der Waals surface area contributed by atoms with Gasteiger partial charge >= 0.3 is 11.7 Å². The number of nitrogens with zero attached hydrogens (tertiary/aromatic N) is 2. The zero-order chi connectivity index (χ0) is 19.3. The maximum atomic E-state index is 12.0. The summed E-state index contributed by atoms with van der Waals surface area (Å²) in [6.45, 7) is 10.3. The minimum absolute atomic E-state index is 0.0946. The van der Waals surface area contributed by atoms with Crippen molar-refractivity contribution in [3.63, 3.8) is 0 Å². The monoisotopic (exact) mass is 362 g/mol. The SMILES string of the molecule is COC(=O)C(=[N+]=[N-])/C(=C/c1ccc(OC)cc1)O[Si](C)(C)C(C)(C)C. The molecule has 0 aromatic heterocycles. The lowest BCUT2D eigenvalue weighted by atomic mass is 10.1. The van der Waals surface area contributed by atoms with E-state index in [9.17, 15) is 10.3 Å². The fourth-order valence-electron chi connectivity index (χ4n) is 1.71. The molecule has 0 heterocycles. The minimum atomic E-state index is -2.27. The van der Waals surface area contributed by atoms with E-state index in [0.717, 1.165) is 5.56 Å². The predicted octanol–water partition coefficient (Wildman–Crippen LogP) is 3.90. The molecule has 0 saturated heterocycles. The summed E-state index contributed by atoms with van der Waals surface area (Å²) >= 11 is 0. The van der Waals surface area contributed by atoms with Gasteiger partial charge in [-0.05, 0) is 41.9 Å². The maximum Gasteiger partial charge on any atom is 0.439 e. The Morgan fingerprint density at radius 2 is 1.72 bits per heavy atom. The van der Waals surface area contributed by atoms with Crippen molar-refractivity contribution < 1.29 is 23.5 Å². The van der Waals surface area contributed by atoms with Crippen molar-refractivity contribution in [2.75, 3.05) is 14.2 Å². The van der Waals surface area contributed by atoms with Crippen LogP contribution < -0.4 is 4.74 Å². The van der Waals surface area contributed by atoms with Crippen LogP contribution >= 0.6 is 0 Å². The van der Waals surface area contributed by atoms with E-state index in [-0.39, 0.29) is 16.5 Å². The van der Waals surface area contributed by atoms with Crippen LogP contribution in [0.5, 0.6) is 5.75 Å². The van der Waals surface area contributed by atoms with Crippen LogP contribution in [0, 0.1) is 0 Å². The Morgan fingerprint density at radius 1 is 1.16 bits per heavy atom. The molecule has 0 unspecified atom stereocenters. The highest BCUT2D eigenvalue weighted by atomic mass is 28.4. The first kappa shape index (κ1) is 20.7. The van der Waals surface area contributed by atoms with Crippen molar-refractivity contribution >= 4 is 26.1 Å². The van der Waals surface area contributed by atoms with Crippen LogP contribution in [-0.4, -0.2) is 39.0 Å². The first-order chi connectivity index (χ1) is 11.6. The summed E-state index contributed by atoms with van der Waals surface area (Å²) in [7, 11) is 0.545. The van der Waals surface area contributed by atoms with Gasteiger partial charge in [-0.25, -0.2) is 4.79 Å². The molecule has 0 aliphatic carbocycles. The number of esters is 1. The van der Waals surface area contributed by atoms with Crippen molar-refractivity contribution in [2.45, 2.75) is 38.9 Å². The molecule has 6 nitrogen and oxygen atoms in total. The van der Waals surface area contributed by atoms with Gasteiger partial charge in [-0.2, -0.15) is 4.79 Å². The molecule has 0 radical (unpaired) electrons. The van der Waals surface area contributed by atoms with Crippen LogP contribution in [-0.2, 0) is 14.0 Å². The largest absolute Gasteiger partial charge is 0.538 e. The zero-order valence-electron chi connectivity index (χ0n) is 15.9. The minimum Gasteiger partial charge on any atom is -0.538 e. The number of benzene rings is 1. The highest BCUT2D eigenvalue weighted by Gasteiger charge is 2.42. The van der Waals surface area contributed by atoms with E-state index in [1.807, 2.05) is 25.2 Å². The predicted molar refractivity (Wildman–Crippen MR) is 99.9 cm³/mol. The lowest BCUT2D eigenvalue weighted by Gasteiger charge is -2.36. The van der Waals surface area contributed by atoms with E-state index in [1.54, 1.807) is 25.3 Å². The molecule has 0 aliphatic rings. The second-order valence-electron chi connectivity index (χ2n) is 7.08. The molecule has 25 heavy (non-hydrogen) atoms. The number of ether oxygens (including phenoxy) is 2. The Hall–Kier alpha value is -2.37. The molecule has 0 fully saturated rings. The molecule has 0 aliphatic heterocycles. The summed E-state index contributed by atoms with van der Waals surface area (Å²) in [6, 6.07) is 7.23. The van der Waals surface area contributed by atoms with Crippen LogP contribution in [0.25, 0.3) is 11.6 Å². The van der Waals surface area contributed by atoms with Crippen molar-refractivity contribution in [1.29, 1.82) is 0 Å². The topological polar surface area (TPSA) is 81.2 Å². The molecule has 1 aromatic carbocycles. The summed E-state index contributed by atoms with van der Waals surface area (Å²) in [4.78, 5) is 15.1.